The lowest BCUT2D eigenvalue weighted by molar-refractivity contribution is -0.275. The topological polar surface area (TPSA) is 113 Å². The Labute approximate surface area is 219 Å². The number of carbonyl (C=O) groups excluding carboxylic acids is 2. The standard InChI is InChI=1S/C26H35F3N4O5/c1-24(2)13-20(34)33(23(30)32-24)17(9-10-36-5)14-11-15(14)22(35)31-16-12-25(3,4)37-18-7-6-8-19(21(16)18)38-26(27,28)29/h6-8,14-17H,9-13H2,1-5H3,(H2,30,32)(H,31,35)/t14-,15-,16?,17-/m1/s1. The van der Waals surface area contributed by atoms with Gasteiger partial charge in [0.05, 0.1) is 11.6 Å². The third kappa shape index (κ3) is 6.16. The van der Waals surface area contributed by atoms with Gasteiger partial charge in [0, 0.05) is 44.1 Å². The lowest BCUT2D eigenvalue weighted by Crippen LogP contribution is -2.63. The van der Waals surface area contributed by atoms with Crippen LogP contribution in [0, 0.1) is 17.2 Å². The molecule has 1 aromatic carbocycles. The average molecular weight is 541 g/mol. The predicted octanol–water partition coefficient (Wildman–Crippen LogP) is 3.88. The molecule has 38 heavy (non-hydrogen) atoms. The average Bonchev–Trinajstić information content (AvgIpc) is 3.53. The minimum absolute atomic E-state index is 0.00698. The summed E-state index contributed by atoms with van der Waals surface area (Å²) in [5.74, 6) is -1.39. The minimum Gasteiger partial charge on any atom is -0.487 e. The molecule has 210 valence electrons. The van der Waals surface area contributed by atoms with E-state index in [9.17, 15) is 22.8 Å². The van der Waals surface area contributed by atoms with Crippen molar-refractivity contribution in [2.75, 3.05) is 13.7 Å². The first-order valence-electron chi connectivity index (χ1n) is 12.7. The predicted molar refractivity (Wildman–Crippen MR) is 132 cm³/mol. The van der Waals surface area contributed by atoms with Crippen LogP contribution in [0.4, 0.5) is 13.2 Å². The zero-order valence-corrected chi connectivity index (χ0v) is 22.2. The number of nitrogens with zero attached hydrogens (tertiary/aromatic N) is 1. The Hall–Kier alpha value is -3.02. The van der Waals surface area contributed by atoms with Crippen LogP contribution in [0.1, 0.15) is 65.0 Å². The normalized spacial score (nSPS) is 26.5. The Bertz CT molecular complexity index is 1090. The number of amides is 2. The fourth-order valence-corrected chi connectivity index (χ4v) is 5.58. The Morgan fingerprint density at radius 3 is 2.66 bits per heavy atom. The van der Waals surface area contributed by atoms with Crippen molar-refractivity contribution in [3.63, 3.8) is 0 Å². The van der Waals surface area contributed by atoms with Gasteiger partial charge in [-0.15, -0.1) is 13.2 Å². The van der Waals surface area contributed by atoms with Crippen molar-refractivity contribution in [2.24, 2.45) is 11.8 Å². The number of fused-ring (bicyclic) bond motifs is 1. The molecule has 1 saturated heterocycles. The van der Waals surface area contributed by atoms with Crippen molar-refractivity contribution in [3.05, 3.63) is 23.8 Å². The summed E-state index contributed by atoms with van der Waals surface area (Å²) in [6, 6.07) is 2.99. The van der Waals surface area contributed by atoms with Gasteiger partial charge in [-0.2, -0.15) is 0 Å². The van der Waals surface area contributed by atoms with E-state index in [0.29, 0.717) is 19.4 Å². The molecule has 4 atom stereocenters. The number of rotatable bonds is 8. The minimum atomic E-state index is -4.90. The maximum Gasteiger partial charge on any atom is 0.573 e. The Morgan fingerprint density at radius 1 is 1.32 bits per heavy atom. The molecule has 2 heterocycles. The maximum absolute atomic E-state index is 13.4. The summed E-state index contributed by atoms with van der Waals surface area (Å²) >= 11 is 0. The summed E-state index contributed by atoms with van der Waals surface area (Å²) in [5.41, 5.74) is -1.14. The van der Waals surface area contributed by atoms with Gasteiger partial charge in [0.15, 0.2) is 5.96 Å². The molecule has 3 aliphatic rings. The number of halogens is 3. The molecule has 2 fully saturated rings. The van der Waals surface area contributed by atoms with Crippen molar-refractivity contribution in [1.82, 2.24) is 15.5 Å². The number of guanidine groups is 1. The lowest BCUT2D eigenvalue weighted by Gasteiger charge is -2.42. The van der Waals surface area contributed by atoms with Crippen LogP contribution in [-0.4, -0.2) is 59.9 Å². The second-order valence-corrected chi connectivity index (χ2v) is 11.5. The van der Waals surface area contributed by atoms with Crippen LogP contribution in [0.15, 0.2) is 18.2 Å². The number of benzene rings is 1. The van der Waals surface area contributed by atoms with E-state index in [1.807, 2.05) is 13.8 Å². The monoisotopic (exact) mass is 540 g/mol. The highest BCUT2D eigenvalue weighted by Gasteiger charge is 2.53. The highest BCUT2D eigenvalue weighted by molar-refractivity contribution is 5.99. The van der Waals surface area contributed by atoms with Crippen LogP contribution in [0.3, 0.4) is 0 Å². The first-order chi connectivity index (χ1) is 17.6. The number of alkyl halides is 3. The van der Waals surface area contributed by atoms with Crippen LogP contribution >= 0.6 is 0 Å². The van der Waals surface area contributed by atoms with E-state index in [2.05, 4.69) is 15.4 Å². The summed E-state index contributed by atoms with van der Waals surface area (Å²) < 4.78 is 54.7. The zero-order valence-electron chi connectivity index (χ0n) is 22.2. The molecule has 1 aromatic rings. The molecule has 1 unspecified atom stereocenters. The summed E-state index contributed by atoms with van der Waals surface area (Å²) in [6.45, 7) is 7.64. The molecule has 0 spiro atoms. The molecule has 2 amide bonds. The van der Waals surface area contributed by atoms with Gasteiger partial charge in [-0.1, -0.05) is 6.07 Å². The van der Waals surface area contributed by atoms with E-state index >= 15 is 0 Å². The van der Waals surface area contributed by atoms with E-state index < -0.39 is 41.3 Å². The quantitative estimate of drug-likeness (QED) is 0.461. The molecule has 9 nitrogen and oxygen atoms in total. The number of ether oxygens (including phenoxy) is 3. The highest BCUT2D eigenvalue weighted by Crippen LogP contribution is 2.48. The second-order valence-electron chi connectivity index (χ2n) is 11.5. The molecule has 3 N–H and O–H groups in total. The number of nitrogens with one attached hydrogen (secondary N) is 3. The van der Waals surface area contributed by atoms with E-state index in [0.717, 1.165) is 0 Å². The first-order valence-corrected chi connectivity index (χ1v) is 12.7. The maximum atomic E-state index is 13.4. The third-order valence-electron chi connectivity index (χ3n) is 7.18. The van der Waals surface area contributed by atoms with Gasteiger partial charge >= 0.3 is 6.36 Å². The summed E-state index contributed by atoms with van der Waals surface area (Å²) in [5, 5.41) is 14.4. The van der Waals surface area contributed by atoms with Gasteiger partial charge in [-0.25, -0.2) is 0 Å². The molecule has 1 saturated carbocycles. The molecule has 0 aromatic heterocycles. The van der Waals surface area contributed by atoms with E-state index in [1.54, 1.807) is 27.0 Å². The fourth-order valence-electron chi connectivity index (χ4n) is 5.58. The molecule has 0 radical (unpaired) electrons. The van der Waals surface area contributed by atoms with Gasteiger partial charge in [0.25, 0.3) is 0 Å². The van der Waals surface area contributed by atoms with Crippen LogP contribution in [0.5, 0.6) is 11.5 Å². The van der Waals surface area contributed by atoms with Crippen LogP contribution in [0.25, 0.3) is 0 Å². The molecular formula is C26H35F3N4O5. The van der Waals surface area contributed by atoms with Crippen LogP contribution < -0.4 is 20.1 Å². The first kappa shape index (κ1) is 28.0. The van der Waals surface area contributed by atoms with Gasteiger partial charge < -0.3 is 24.8 Å². The van der Waals surface area contributed by atoms with Crippen LogP contribution in [-0.2, 0) is 14.3 Å². The van der Waals surface area contributed by atoms with Gasteiger partial charge in [0.2, 0.25) is 11.8 Å². The van der Waals surface area contributed by atoms with Crippen molar-refractivity contribution < 1.29 is 37.0 Å². The molecular weight excluding hydrogens is 505 g/mol. The van der Waals surface area contributed by atoms with Crippen LogP contribution in [0.2, 0.25) is 0 Å². The second kappa shape index (κ2) is 9.94. The number of methoxy groups -OCH3 is 1. The Balaban J connectivity index is 1.54. The van der Waals surface area contributed by atoms with Crippen molar-refractivity contribution in [1.29, 1.82) is 5.41 Å². The largest absolute Gasteiger partial charge is 0.573 e. The van der Waals surface area contributed by atoms with Crippen molar-refractivity contribution in [2.45, 2.75) is 83.0 Å². The smallest absolute Gasteiger partial charge is 0.487 e. The highest BCUT2D eigenvalue weighted by atomic mass is 19.4. The SMILES string of the molecule is COCC[C@H]([C@@H]1C[C@H]1C(=O)NC1CC(C)(C)Oc2cccc(OC(F)(F)F)c21)N1C(=N)NC(C)(C)CC1=O. The van der Waals surface area contributed by atoms with E-state index in [1.165, 1.54) is 17.0 Å². The Morgan fingerprint density at radius 2 is 2.03 bits per heavy atom. The third-order valence-corrected chi connectivity index (χ3v) is 7.18. The van der Waals surface area contributed by atoms with Gasteiger partial charge in [0.1, 0.15) is 17.1 Å². The zero-order chi connectivity index (χ0) is 28.0. The van der Waals surface area contributed by atoms with Crippen molar-refractivity contribution in [3.8, 4) is 11.5 Å². The summed E-state index contributed by atoms with van der Waals surface area (Å²) in [6.07, 6.45) is -3.53. The number of hydrogen-bond donors (Lipinski definition) is 3. The molecule has 4 rings (SSSR count). The molecule has 0 bridgehead atoms. The van der Waals surface area contributed by atoms with Crippen molar-refractivity contribution >= 4 is 17.8 Å². The Kier molecular flexibility index (Phi) is 7.32. The van der Waals surface area contributed by atoms with Gasteiger partial charge in [-0.05, 0) is 58.6 Å². The summed E-state index contributed by atoms with van der Waals surface area (Å²) in [7, 11) is 1.55. The van der Waals surface area contributed by atoms with Gasteiger partial charge in [-0.3, -0.25) is 19.9 Å². The molecule has 12 heteroatoms. The number of carbonyl (C=O) groups is 2. The van der Waals surface area contributed by atoms with E-state index in [-0.39, 0.29) is 47.8 Å². The molecule has 2 aliphatic heterocycles. The van der Waals surface area contributed by atoms with E-state index in [4.69, 9.17) is 14.9 Å². The fraction of sp³-hybridized carbons (Fsp3) is 0.654. The molecule has 1 aliphatic carbocycles. The number of hydrogen-bond acceptors (Lipinski definition) is 6. The summed E-state index contributed by atoms with van der Waals surface area (Å²) in [4.78, 5) is 27.8. The lowest BCUT2D eigenvalue weighted by atomic mass is 9.89.